The number of nitrogens with zero attached hydrogens (tertiary/aromatic N) is 1. The van der Waals surface area contributed by atoms with E-state index >= 15 is 0 Å². The van der Waals surface area contributed by atoms with Crippen LogP contribution in [0.2, 0.25) is 0 Å². The van der Waals surface area contributed by atoms with Crippen molar-refractivity contribution in [3.8, 4) is 0 Å². The third kappa shape index (κ3) is 49.0. The molecule has 9 heteroatoms. The summed E-state index contributed by atoms with van der Waals surface area (Å²) in [4.78, 5) is 25.2. The Labute approximate surface area is 383 Å². The smallest absolute Gasteiger partial charge is 0.306 e. The van der Waals surface area contributed by atoms with Crippen LogP contribution >= 0.6 is 7.82 Å². The summed E-state index contributed by atoms with van der Waals surface area (Å²) < 4.78 is 34.7. The highest BCUT2D eigenvalue weighted by Gasteiger charge is 2.20. The molecule has 0 aliphatic carbocycles. The summed E-state index contributed by atoms with van der Waals surface area (Å²) in [6.07, 6.45) is 59.2. The average molecular weight is 890 g/mol. The van der Waals surface area contributed by atoms with Gasteiger partial charge in [0.05, 0.1) is 34.4 Å². The second-order valence-electron chi connectivity index (χ2n) is 17.8. The van der Waals surface area contributed by atoms with E-state index in [1.165, 1.54) is 96.3 Å². The lowest BCUT2D eigenvalue weighted by molar-refractivity contribution is -0.870. The zero-order chi connectivity index (χ0) is 45.5. The summed E-state index contributed by atoms with van der Waals surface area (Å²) >= 11 is 0. The number of quaternary nitrogens is 1. The lowest BCUT2D eigenvalue weighted by atomic mass is 10.0. The number of likely N-dealkylation sites (N-methyl/N-ethyl adjacent to an activating group) is 1. The molecule has 0 spiro atoms. The number of carbonyl (C=O) groups excluding carboxylic acids is 1. The van der Waals surface area contributed by atoms with Gasteiger partial charge in [0.2, 0.25) is 0 Å². The van der Waals surface area contributed by atoms with Crippen LogP contribution in [0.25, 0.3) is 0 Å². The van der Waals surface area contributed by atoms with Crippen molar-refractivity contribution in [2.24, 2.45) is 0 Å². The Hall–Kier alpha value is -2.06. The normalized spacial score (nSPS) is 14.2. The molecule has 0 rings (SSSR count). The van der Waals surface area contributed by atoms with Gasteiger partial charge in [-0.2, -0.15) is 0 Å². The quantitative estimate of drug-likeness (QED) is 0.0197. The molecular formula is C53H96NO7P. The van der Waals surface area contributed by atoms with Gasteiger partial charge in [0.25, 0.3) is 7.82 Å². The molecule has 0 bridgehead atoms. The van der Waals surface area contributed by atoms with Gasteiger partial charge in [-0.1, -0.05) is 202 Å². The third-order valence-corrected chi connectivity index (χ3v) is 11.5. The Morgan fingerprint density at radius 1 is 0.516 bits per heavy atom. The molecule has 0 amide bonds. The number of esters is 1. The Balaban J connectivity index is 4.23. The van der Waals surface area contributed by atoms with Gasteiger partial charge in [0.1, 0.15) is 19.3 Å². The van der Waals surface area contributed by atoms with E-state index in [9.17, 15) is 14.3 Å². The van der Waals surface area contributed by atoms with E-state index in [-0.39, 0.29) is 32.2 Å². The molecule has 62 heavy (non-hydrogen) atoms. The molecule has 0 aliphatic heterocycles. The minimum atomic E-state index is -4.54. The van der Waals surface area contributed by atoms with E-state index in [0.717, 1.165) is 83.5 Å². The molecule has 0 aliphatic rings. The molecule has 2 unspecified atom stereocenters. The Kier molecular flexibility index (Phi) is 44.0. The predicted octanol–water partition coefficient (Wildman–Crippen LogP) is 14.8. The van der Waals surface area contributed by atoms with Crippen LogP contribution in [0.5, 0.6) is 0 Å². The van der Waals surface area contributed by atoms with E-state index in [1.54, 1.807) is 0 Å². The zero-order valence-corrected chi connectivity index (χ0v) is 41.7. The monoisotopic (exact) mass is 890 g/mol. The zero-order valence-electron chi connectivity index (χ0n) is 40.8. The topological polar surface area (TPSA) is 94.1 Å². The fourth-order valence-corrected chi connectivity index (χ4v) is 7.40. The van der Waals surface area contributed by atoms with Gasteiger partial charge in [0.15, 0.2) is 0 Å². The van der Waals surface area contributed by atoms with Crippen LogP contribution in [0, 0.1) is 0 Å². The molecule has 0 aromatic rings. The number of ether oxygens (including phenoxy) is 2. The first kappa shape index (κ1) is 59.9. The summed E-state index contributed by atoms with van der Waals surface area (Å²) in [7, 11) is 1.33. The van der Waals surface area contributed by atoms with Crippen molar-refractivity contribution >= 4 is 13.8 Å². The lowest BCUT2D eigenvalue weighted by Gasteiger charge is -2.28. The highest BCUT2D eigenvalue weighted by atomic mass is 31.2. The summed E-state index contributed by atoms with van der Waals surface area (Å²) in [6, 6.07) is 0. The molecule has 360 valence electrons. The summed E-state index contributed by atoms with van der Waals surface area (Å²) in [6.45, 7) is 5.28. The van der Waals surface area contributed by atoms with Crippen LogP contribution in [-0.2, 0) is 27.9 Å². The summed E-state index contributed by atoms with van der Waals surface area (Å²) in [5.41, 5.74) is 0. The molecule has 0 saturated carbocycles. The molecule has 0 aromatic carbocycles. The fraction of sp³-hybridized carbons (Fsp3) is 0.755. The van der Waals surface area contributed by atoms with Crippen LogP contribution in [0.3, 0.4) is 0 Å². The Morgan fingerprint density at radius 2 is 0.935 bits per heavy atom. The van der Waals surface area contributed by atoms with Gasteiger partial charge in [-0.3, -0.25) is 9.36 Å². The Morgan fingerprint density at radius 3 is 1.40 bits per heavy atom. The van der Waals surface area contributed by atoms with Gasteiger partial charge in [-0.25, -0.2) is 0 Å². The molecule has 8 nitrogen and oxygen atoms in total. The van der Waals surface area contributed by atoms with Gasteiger partial charge >= 0.3 is 5.97 Å². The van der Waals surface area contributed by atoms with Crippen molar-refractivity contribution in [2.45, 2.75) is 206 Å². The SMILES string of the molecule is CC/C=C\C/C=C\C/C=C\C/C=C\C/C=C\C/C=C\CCCCCCC(=O)OC(COCCCCCCCCCCCCCCCCCCC)COP(=O)([O-])OCC[N+](C)(C)C. The maximum absolute atomic E-state index is 12.7. The first-order valence-corrected chi connectivity index (χ1v) is 26.6. The molecule has 0 radical (unpaired) electrons. The molecule has 0 fully saturated rings. The van der Waals surface area contributed by atoms with E-state index in [2.05, 4.69) is 86.8 Å². The fourth-order valence-electron chi connectivity index (χ4n) is 6.67. The van der Waals surface area contributed by atoms with Crippen LogP contribution in [-0.4, -0.2) is 70.7 Å². The standard InChI is InChI=1S/C53H96NO7P/c1-6-8-10-12-14-16-18-20-22-24-25-26-27-28-29-30-32-34-36-38-40-42-44-46-53(55)61-52(51-60-62(56,57)59-49-47-54(3,4)5)50-58-48-45-43-41-39-37-35-33-31-23-21-19-17-15-13-11-9-7-2/h8,10,14,16,20,22,25-26,28-29,32,34,52H,6-7,9,11-13,15,17-19,21,23-24,27,30-31,33,35-51H2,1-5H3/b10-8-,16-14-,22-20-,26-25-,29-28-,34-32-. The molecule has 0 heterocycles. The second kappa shape index (κ2) is 45.5. The van der Waals surface area contributed by atoms with Gasteiger partial charge in [-0.05, 0) is 64.2 Å². The van der Waals surface area contributed by atoms with Gasteiger partial charge in [0, 0.05) is 13.0 Å². The minimum Gasteiger partial charge on any atom is -0.756 e. The number of phosphoric acid groups is 1. The highest BCUT2D eigenvalue weighted by Crippen LogP contribution is 2.38. The van der Waals surface area contributed by atoms with Gasteiger partial charge < -0.3 is 27.9 Å². The van der Waals surface area contributed by atoms with Crippen LogP contribution in [0.15, 0.2) is 72.9 Å². The molecule has 0 N–H and O–H groups in total. The maximum Gasteiger partial charge on any atom is 0.306 e. The van der Waals surface area contributed by atoms with Crippen molar-refractivity contribution in [3.63, 3.8) is 0 Å². The van der Waals surface area contributed by atoms with Crippen molar-refractivity contribution in [1.82, 2.24) is 0 Å². The highest BCUT2D eigenvalue weighted by molar-refractivity contribution is 7.45. The average Bonchev–Trinajstić information content (AvgIpc) is 3.23. The lowest BCUT2D eigenvalue weighted by Crippen LogP contribution is -2.37. The van der Waals surface area contributed by atoms with E-state index in [4.69, 9.17) is 18.5 Å². The van der Waals surface area contributed by atoms with E-state index in [1.807, 2.05) is 21.1 Å². The van der Waals surface area contributed by atoms with Crippen molar-refractivity contribution < 1.29 is 37.3 Å². The van der Waals surface area contributed by atoms with Crippen LogP contribution in [0.4, 0.5) is 0 Å². The summed E-state index contributed by atoms with van der Waals surface area (Å²) in [5, 5.41) is 0. The van der Waals surface area contributed by atoms with Crippen molar-refractivity contribution in [3.05, 3.63) is 72.9 Å². The first-order valence-electron chi connectivity index (χ1n) is 25.2. The number of hydrogen-bond donors (Lipinski definition) is 0. The summed E-state index contributed by atoms with van der Waals surface area (Å²) in [5.74, 6) is -0.358. The van der Waals surface area contributed by atoms with Crippen molar-refractivity contribution in [1.29, 1.82) is 0 Å². The first-order chi connectivity index (χ1) is 30.1. The molecule has 0 aromatic heterocycles. The number of hydrogen-bond acceptors (Lipinski definition) is 7. The number of phosphoric ester groups is 1. The second-order valence-corrected chi connectivity index (χ2v) is 19.2. The van der Waals surface area contributed by atoms with Gasteiger partial charge in [-0.15, -0.1) is 0 Å². The molecule has 0 saturated heterocycles. The number of unbranched alkanes of at least 4 members (excludes halogenated alkanes) is 20. The number of carbonyl (C=O) groups is 1. The number of rotatable bonds is 46. The molecule has 2 atom stereocenters. The molecular weight excluding hydrogens is 794 g/mol. The minimum absolute atomic E-state index is 0.0185. The number of allylic oxidation sites excluding steroid dienone is 12. The van der Waals surface area contributed by atoms with Crippen LogP contribution in [0.1, 0.15) is 200 Å². The van der Waals surface area contributed by atoms with E-state index in [0.29, 0.717) is 17.6 Å². The van der Waals surface area contributed by atoms with Crippen LogP contribution < -0.4 is 4.89 Å². The third-order valence-electron chi connectivity index (χ3n) is 10.5. The Bertz CT molecular complexity index is 1220. The van der Waals surface area contributed by atoms with E-state index < -0.39 is 13.9 Å². The maximum atomic E-state index is 12.7. The predicted molar refractivity (Wildman–Crippen MR) is 263 cm³/mol. The van der Waals surface area contributed by atoms with Crippen molar-refractivity contribution in [2.75, 3.05) is 54.1 Å². The largest absolute Gasteiger partial charge is 0.756 e.